The quantitative estimate of drug-likeness (QED) is 0.523. The first-order valence-electron chi connectivity index (χ1n) is 10.8. The van der Waals surface area contributed by atoms with E-state index in [1.54, 1.807) is 30.3 Å². The minimum Gasteiger partial charge on any atom is -0.507 e. The molecule has 4 rings (SSSR count). The van der Waals surface area contributed by atoms with E-state index in [0.717, 1.165) is 35.3 Å². The third-order valence-corrected chi connectivity index (χ3v) is 6.02. The van der Waals surface area contributed by atoms with E-state index in [0.29, 0.717) is 0 Å². The van der Waals surface area contributed by atoms with Crippen molar-refractivity contribution in [1.29, 1.82) is 0 Å². The molecular formula is C27H29NO3. The summed E-state index contributed by atoms with van der Waals surface area (Å²) in [5, 5.41) is 19.8. The van der Waals surface area contributed by atoms with E-state index in [-0.39, 0.29) is 16.7 Å². The molecule has 1 aliphatic rings. The summed E-state index contributed by atoms with van der Waals surface area (Å²) in [4.78, 5) is 13.6. The van der Waals surface area contributed by atoms with Crippen LogP contribution >= 0.6 is 0 Å². The highest BCUT2D eigenvalue weighted by molar-refractivity contribution is 5.88. The number of phenols is 1. The van der Waals surface area contributed by atoms with Gasteiger partial charge in [0.15, 0.2) is 0 Å². The summed E-state index contributed by atoms with van der Waals surface area (Å²) in [7, 11) is 0. The van der Waals surface area contributed by atoms with Crippen LogP contribution in [0.4, 0.5) is 5.69 Å². The minimum absolute atomic E-state index is 0.0200. The van der Waals surface area contributed by atoms with E-state index in [1.165, 1.54) is 24.1 Å². The largest absolute Gasteiger partial charge is 0.507 e. The second kappa shape index (κ2) is 8.10. The number of benzene rings is 3. The molecule has 3 aromatic carbocycles. The summed E-state index contributed by atoms with van der Waals surface area (Å²) >= 11 is 0. The zero-order valence-corrected chi connectivity index (χ0v) is 18.4. The molecule has 0 bridgehead atoms. The van der Waals surface area contributed by atoms with Gasteiger partial charge in [0, 0.05) is 24.3 Å². The second-order valence-corrected chi connectivity index (χ2v) is 9.29. The molecule has 1 saturated heterocycles. The van der Waals surface area contributed by atoms with Gasteiger partial charge in [-0.2, -0.15) is 0 Å². The van der Waals surface area contributed by atoms with Crippen LogP contribution in [0.15, 0.2) is 60.7 Å². The Morgan fingerprint density at radius 3 is 2.06 bits per heavy atom. The lowest BCUT2D eigenvalue weighted by molar-refractivity contribution is 0.0697. The number of hydrogen-bond donors (Lipinski definition) is 2. The fourth-order valence-corrected chi connectivity index (χ4v) is 4.29. The molecule has 0 atom stereocenters. The SMILES string of the molecule is CC(C)(C)c1cc(-c2cc(-c3ccc(C(=O)O)cc3)ccc2O)ccc1N1CCCC1. The van der Waals surface area contributed by atoms with Gasteiger partial charge >= 0.3 is 5.97 Å². The van der Waals surface area contributed by atoms with Crippen LogP contribution in [0.3, 0.4) is 0 Å². The van der Waals surface area contributed by atoms with Gasteiger partial charge in [-0.25, -0.2) is 4.79 Å². The Bertz CT molecular complexity index is 1100. The Labute approximate surface area is 183 Å². The molecule has 1 fully saturated rings. The van der Waals surface area contributed by atoms with Gasteiger partial charge in [-0.1, -0.05) is 45.0 Å². The van der Waals surface area contributed by atoms with Crippen LogP contribution in [0.25, 0.3) is 22.3 Å². The maximum Gasteiger partial charge on any atom is 0.335 e. The fraction of sp³-hybridized carbons (Fsp3) is 0.296. The molecule has 3 aromatic rings. The van der Waals surface area contributed by atoms with Crippen LogP contribution < -0.4 is 4.90 Å². The smallest absolute Gasteiger partial charge is 0.335 e. The van der Waals surface area contributed by atoms with Crippen molar-refractivity contribution in [1.82, 2.24) is 0 Å². The molecule has 0 saturated carbocycles. The molecule has 0 radical (unpaired) electrons. The summed E-state index contributed by atoms with van der Waals surface area (Å²) < 4.78 is 0. The average Bonchev–Trinajstić information content (AvgIpc) is 3.28. The maximum atomic E-state index is 11.1. The first-order chi connectivity index (χ1) is 14.7. The first kappa shape index (κ1) is 21.0. The standard InChI is InChI=1S/C27H29NO3/c1-27(2,3)23-17-21(10-12-24(23)28-14-4-5-15-28)22-16-20(11-13-25(22)29)18-6-8-19(9-7-18)26(30)31/h6-13,16-17,29H,4-5,14-15H2,1-3H3,(H,30,31). The van der Waals surface area contributed by atoms with E-state index < -0.39 is 5.97 Å². The Morgan fingerprint density at radius 1 is 0.839 bits per heavy atom. The van der Waals surface area contributed by atoms with Crippen molar-refractivity contribution in [2.24, 2.45) is 0 Å². The number of rotatable bonds is 4. The number of hydrogen-bond acceptors (Lipinski definition) is 3. The van der Waals surface area contributed by atoms with Gasteiger partial charge in [-0.15, -0.1) is 0 Å². The molecule has 2 N–H and O–H groups in total. The number of anilines is 1. The lowest BCUT2D eigenvalue weighted by Crippen LogP contribution is -2.23. The molecule has 0 amide bonds. The van der Waals surface area contributed by atoms with Crippen LogP contribution in [0, 0.1) is 0 Å². The predicted octanol–water partition coefficient (Wildman–Crippen LogP) is 6.32. The van der Waals surface area contributed by atoms with Gasteiger partial charge in [0.05, 0.1) is 5.56 Å². The van der Waals surface area contributed by atoms with E-state index in [2.05, 4.69) is 43.9 Å². The summed E-state index contributed by atoms with van der Waals surface area (Å²) in [6, 6.07) is 18.8. The van der Waals surface area contributed by atoms with Gasteiger partial charge in [0.25, 0.3) is 0 Å². The van der Waals surface area contributed by atoms with Crippen molar-refractivity contribution >= 4 is 11.7 Å². The van der Waals surface area contributed by atoms with Crippen molar-refractivity contribution in [2.45, 2.75) is 39.0 Å². The van der Waals surface area contributed by atoms with Crippen molar-refractivity contribution in [3.05, 3.63) is 71.8 Å². The monoisotopic (exact) mass is 415 g/mol. The van der Waals surface area contributed by atoms with Gasteiger partial charge in [-0.3, -0.25) is 0 Å². The number of aromatic carboxylic acids is 1. The lowest BCUT2D eigenvalue weighted by Gasteiger charge is -2.29. The van der Waals surface area contributed by atoms with Crippen LogP contribution in [0.2, 0.25) is 0 Å². The molecule has 160 valence electrons. The number of aromatic hydroxyl groups is 1. The molecule has 31 heavy (non-hydrogen) atoms. The molecule has 4 heteroatoms. The number of carboxylic acids is 1. The van der Waals surface area contributed by atoms with Crippen LogP contribution in [-0.4, -0.2) is 29.3 Å². The molecule has 0 aromatic heterocycles. The molecule has 0 unspecified atom stereocenters. The second-order valence-electron chi connectivity index (χ2n) is 9.29. The normalized spacial score (nSPS) is 14.1. The van der Waals surface area contributed by atoms with Crippen molar-refractivity contribution < 1.29 is 15.0 Å². The zero-order valence-electron chi connectivity index (χ0n) is 18.4. The third kappa shape index (κ3) is 4.29. The predicted molar refractivity (Wildman–Crippen MR) is 126 cm³/mol. The van der Waals surface area contributed by atoms with Gasteiger partial charge in [0.1, 0.15) is 5.75 Å². The van der Waals surface area contributed by atoms with Crippen LogP contribution in [-0.2, 0) is 5.41 Å². The molecule has 0 aliphatic carbocycles. The highest BCUT2D eigenvalue weighted by Gasteiger charge is 2.24. The van der Waals surface area contributed by atoms with Gasteiger partial charge < -0.3 is 15.1 Å². The number of carbonyl (C=O) groups is 1. The Morgan fingerprint density at radius 2 is 1.45 bits per heavy atom. The lowest BCUT2D eigenvalue weighted by atomic mass is 9.83. The highest BCUT2D eigenvalue weighted by atomic mass is 16.4. The van der Waals surface area contributed by atoms with E-state index in [4.69, 9.17) is 5.11 Å². The van der Waals surface area contributed by atoms with Gasteiger partial charge in [0.2, 0.25) is 0 Å². The number of phenolic OH excluding ortho intramolecular Hbond substituents is 1. The maximum absolute atomic E-state index is 11.1. The molecule has 4 nitrogen and oxygen atoms in total. The summed E-state index contributed by atoms with van der Waals surface area (Å²) in [5.74, 6) is -0.703. The Kier molecular flexibility index (Phi) is 5.48. The van der Waals surface area contributed by atoms with Crippen molar-refractivity contribution in [3.63, 3.8) is 0 Å². The summed E-state index contributed by atoms with van der Waals surface area (Å²) in [6.45, 7) is 8.87. The molecular weight excluding hydrogens is 386 g/mol. The third-order valence-electron chi connectivity index (χ3n) is 6.02. The topological polar surface area (TPSA) is 60.8 Å². The van der Waals surface area contributed by atoms with Crippen LogP contribution in [0.5, 0.6) is 5.75 Å². The minimum atomic E-state index is -0.939. The zero-order chi connectivity index (χ0) is 22.2. The summed E-state index contributed by atoms with van der Waals surface area (Å²) in [5.41, 5.74) is 6.41. The van der Waals surface area contributed by atoms with Crippen molar-refractivity contribution in [2.75, 3.05) is 18.0 Å². The first-order valence-corrected chi connectivity index (χ1v) is 10.8. The molecule has 1 aliphatic heterocycles. The number of nitrogens with zero attached hydrogens (tertiary/aromatic N) is 1. The molecule has 0 spiro atoms. The van der Waals surface area contributed by atoms with Gasteiger partial charge in [-0.05, 0) is 76.9 Å². The van der Waals surface area contributed by atoms with E-state index in [1.807, 2.05) is 12.1 Å². The van der Waals surface area contributed by atoms with E-state index >= 15 is 0 Å². The molecule has 1 heterocycles. The number of carboxylic acid groups (broad SMARTS) is 1. The fourth-order valence-electron chi connectivity index (χ4n) is 4.29. The Balaban J connectivity index is 1.77. The average molecular weight is 416 g/mol. The Hall–Kier alpha value is -3.27. The highest BCUT2D eigenvalue weighted by Crippen LogP contribution is 2.40. The summed E-state index contributed by atoms with van der Waals surface area (Å²) in [6.07, 6.45) is 2.46. The van der Waals surface area contributed by atoms with E-state index in [9.17, 15) is 9.90 Å². The van der Waals surface area contributed by atoms with Crippen molar-refractivity contribution in [3.8, 4) is 28.0 Å². The van der Waals surface area contributed by atoms with Crippen LogP contribution in [0.1, 0.15) is 49.5 Å².